The molecule has 1 fully saturated rings. The lowest BCUT2D eigenvalue weighted by molar-refractivity contribution is -0.151. The number of amides is 2. The zero-order valence-electron chi connectivity index (χ0n) is 15.1. The zero-order chi connectivity index (χ0) is 19.7. The van der Waals surface area contributed by atoms with Gasteiger partial charge in [-0.05, 0) is 30.2 Å². The Morgan fingerprint density at radius 3 is 2.57 bits per heavy atom. The zero-order valence-corrected chi connectivity index (χ0v) is 15.1. The first kappa shape index (κ1) is 18.2. The van der Waals surface area contributed by atoms with Crippen LogP contribution >= 0.6 is 0 Å². The van der Waals surface area contributed by atoms with E-state index in [2.05, 4.69) is 0 Å². The highest BCUT2D eigenvalue weighted by Gasteiger charge is 2.37. The second kappa shape index (κ2) is 7.42. The molecule has 2 aromatic rings. The summed E-state index contributed by atoms with van der Waals surface area (Å²) in [5.41, 5.74) is 2.07. The number of esters is 1. The van der Waals surface area contributed by atoms with Crippen molar-refractivity contribution in [1.29, 1.82) is 0 Å². The van der Waals surface area contributed by atoms with Gasteiger partial charge >= 0.3 is 5.97 Å². The average molecular weight is 382 g/mol. The number of benzene rings is 2. The number of carbonyl (C=O) groups excluding carboxylic acids is 3. The van der Waals surface area contributed by atoms with Crippen LogP contribution in [-0.2, 0) is 25.5 Å². The van der Waals surface area contributed by atoms with Crippen molar-refractivity contribution >= 4 is 29.2 Å². The van der Waals surface area contributed by atoms with Gasteiger partial charge in [0.25, 0.3) is 5.91 Å². The van der Waals surface area contributed by atoms with Gasteiger partial charge in [0.05, 0.1) is 11.6 Å². The number of hydrogen-bond acceptors (Lipinski definition) is 4. The molecule has 2 aliphatic heterocycles. The average Bonchev–Trinajstić information content (AvgIpc) is 3.30. The van der Waals surface area contributed by atoms with Crippen LogP contribution in [0.25, 0.3) is 0 Å². The molecule has 0 unspecified atom stereocenters. The second-order valence-corrected chi connectivity index (χ2v) is 6.89. The number of nitrogens with zero attached hydrogens (tertiary/aromatic N) is 2. The van der Waals surface area contributed by atoms with Crippen LogP contribution in [0, 0.1) is 11.7 Å². The molecule has 0 N–H and O–H groups in total. The summed E-state index contributed by atoms with van der Waals surface area (Å²) in [4.78, 5) is 39.9. The lowest BCUT2D eigenvalue weighted by Gasteiger charge is -2.18. The number of halogens is 1. The molecule has 2 heterocycles. The van der Waals surface area contributed by atoms with E-state index in [0.29, 0.717) is 6.54 Å². The van der Waals surface area contributed by atoms with Gasteiger partial charge in [0.2, 0.25) is 5.91 Å². The van der Waals surface area contributed by atoms with Gasteiger partial charge in [-0.2, -0.15) is 0 Å². The molecule has 0 saturated carbocycles. The SMILES string of the molecule is O=C(OCC(=O)N1CCc2ccccc21)[C@@H]1CC(=O)N(c2ccccc2F)C1. The van der Waals surface area contributed by atoms with Gasteiger partial charge in [-0.3, -0.25) is 14.4 Å². The molecular weight excluding hydrogens is 363 g/mol. The number of carbonyl (C=O) groups is 3. The van der Waals surface area contributed by atoms with Crippen LogP contribution in [0.4, 0.5) is 15.8 Å². The molecule has 1 saturated heterocycles. The fourth-order valence-electron chi connectivity index (χ4n) is 3.69. The van der Waals surface area contributed by atoms with E-state index < -0.39 is 17.7 Å². The van der Waals surface area contributed by atoms with E-state index in [-0.39, 0.29) is 37.1 Å². The van der Waals surface area contributed by atoms with E-state index in [9.17, 15) is 18.8 Å². The first-order chi connectivity index (χ1) is 13.5. The molecule has 1 atom stereocenters. The Kier molecular flexibility index (Phi) is 4.81. The molecule has 0 aliphatic carbocycles. The normalized spacial score (nSPS) is 18.3. The minimum atomic E-state index is -0.717. The predicted molar refractivity (Wildman–Crippen MR) is 100 cm³/mol. The fourth-order valence-corrected chi connectivity index (χ4v) is 3.69. The van der Waals surface area contributed by atoms with Crippen LogP contribution in [0.15, 0.2) is 48.5 Å². The maximum absolute atomic E-state index is 13.9. The Labute approximate surface area is 161 Å². The van der Waals surface area contributed by atoms with Crippen molar-refractivity contribution in [2.75, 3.05) is 29.5 Å². The third-order valence-corrected chi connectivity index (χ3v) is 5.13. The number of hydrogen-bond donors (Lipinski definition) is 0. The van der Waals surface area contributed by atoms with Gasteiger partial charge < -0.3 is 14.5 Å². The highest BCUT2D eigenvalue weighted by molar-refractivity contribution is 6.00. The Bertz CT molecular complexity index is 946. The van der Waals surface area contributed by atoms with Crippen LogP contribution in [0.2, 0.25) is 0 Å². The van der Waals surface area contributed by atoms with Crippen molar-refractivity contribution in [2.45, 2.75) is 12.8 Å². The minimum absolute atomic E-state index is 0.0410. The largest absolute Gasteiger partial charge is 0.455 e. The minimum Gasteiger partial charge on any atom is -0.455 e. The summed E-state index contributed by atoms with van der Waals surface area (Å²) in [6.07, 6.45) is 0.707. The topological polar surface area (TPSA) is 66.9 Å². The monoisotopic (exact) mass is 382 g/mol. The molecule has 2 aliphatic rings. The summed E-state index contributed by atoms with van der Waals surface area (Å²) in [5.74, 6) is -2.49. The van der Waals surface area contributed by atoms with E-state index in [4.69, 9.17) is 4.74 Å². The lowest BCUT2D eigenvalue weighted by Crippen LogP contribution is -2.34. The molecule has 144 valence electrons. The van der Waals surface area contributed by atoms with E-state index in [1.54, 1.807) is 11.0 Å². The molecule has 0 spiro atoms. The second-order valence-electron chi connectivity index (χ2n) is 6.89. The van der Waals surface area contributed by atoms with Gasteiger partial charge in [-0.1, -0.05) is 30.3 Å². The Balaban J connectivity index is 1.35. The number of para-hydroxylation sites is 2. The van der Waals surface area contributed by atoms with Gasteiger partial charge in [-0.25, -0.2) is 4.39 Å². The quantitative estimate of drug-likeness (QED) is 0.761. The van der Waals surface area contributed by atoms with Crippen molar-refractivity contribution in [1.82, 2.24) is 0 Å². The summed E-state index contributed by atoms with van der Waals surface area (Å²) in [6.45, 7) is 0.218. The third kappa shape index (κ3) is 3.35. The summed E-state index contributed by atoms with van der Waals surface area (Å²) in [7, 11) is 0. The molecular formula is C21H19FN2O4. The number of fused-ring (bicyclic) bond motifs is 1. The molecule has 0 radical (unpaired) electrons. The van der Waals surface area contributed by atoms with Crippen LogP contribution < -0.4 is 9.80 Å². The van der Waals surface area contributed by atoms with E-state index in [1.165, 1.54) is 23.1 Å². The van der Waals surface area contributed by atoms with Crippen LogP contribution in [0.1, 0.15) is 12.0 Å². The number of ether oxygens (including phenoxy) is 1. The van der Waals surface area contributed by atoms with Crippen LogP contribution in [-0.4, -0.2) is 37.5 Å². The van der Waals surface area contributed by atoms with Crippen molar-refractivity contribution in [2.24, 2.45) is 5.92 Å². The number of anilines is 2. The maximum atomic E-state index is 13.9. The van der Waals surface area contributed by atoms with Crippen LogP contribution in [0.5, 0.6) is 0 Å². The van der Waals surface area contributed by atoms with Crippen molar-refractivity contribution < 1.29 is 23.5 Å². The lowest BCUT2D eigenvalue weighted by atomic mass is 10.1. The molecule has 0 aromatic heterocycles. The van der Waals surface area contributed by atoms with Crippen molar-refractivity contribution in [3.05, 3.63) is 59.9 Å². The standard InChI is InChI=1S/C21H19FN2O4/c22-16-6-2-4-8-18(16)24-12-15(11-19(24)25)21(27)28-13-20(26)23-10-9-14-5-1-3-7-17(14)23/h1-8,15H,9-13H2/t15-/m1/s1. The van der Waals surface area contributed by atoms with Gasteiger partial charge in [-0.15, -0.1) is 0 Å². The summed E-state index contributed by atoms with van der Waals surface area (Å²) in [6, 6.07) is 13.5. The summed E-state index contributed by atoms with van der Waals surface area (Å²) >= 11 is 0. The smallest absolute Gasteiger partial charge is 0.311 e. The van der Waals surface area contributed by atoms with Crippen molar-refractivity contribution in [3.63, 3.8) is 0 Å². The van der Waals surface area contributed by atoms with Gasteiger partial charge in [0.1, 0.15) is 5.82 Å². The number of rotatable bonds is 4. The van der Waals surface area contributed by atoms with Gasteiger partial charge in [0, 0.05) is 25.2 Å². The van der Waals surface area contributed by atoms with E-state index >= 15 is 0 Å². The molecule has 0 bridgehead atoms. The third-order valence-electron chi connectivity index (χ3n) is 5.13. The Morgan fingerprint density at radius 1 is 1.07 bits per heavy atom. The van der Waals surface area contributed by atoms with E-state index in [0.717, 1.165) is 17.7 Å². The highest BCUT2D eigenvalue weighted by atomic mass is 19.1. The first-order valence-corrected chi connectivity index (χ1v) is 9.14. The molecule has 2 aromatic carbocycles. The van der Waals surface area contributed by atoms with Gasteiger partial charge in [0.15, 0.2) is 6.61 Å². The fraction of sp³-hybridized carbons (Fsp3) is 0.286. The molecule has 28 heavy (non-hydrogen) atoms. The predicted octanol–water partition coefficient (Wildman–Crippen LogP) is 2.31. The highest BCUT2D eigenvalue weighted by Crippen LogP contribution is 2.29. The summed E-state index contributed by atoms with van der Waals surface area (Å²) < 4.78 is 19.1. The first-order valence-electron chi connectivity index (χ1n) is 9.14. The molecule has 6 nitrogen and oxygen atoms in total. The Morgan fingerprint density at radius 2 is 1.79 bits per heavy atom. The summed E-state index contributed by atoms with van der Waals surface area (Å²) in [5, 5.41) is 0. The van der Waals surface area contributed by atoms with Crippen LogP contribution in [0.3, 0.4) is 0 Å². The maximum Gasteiger partial charge on any atom is 0.311 e. The Hall–Kier alpha value is -3.22. The van der Waals surface area contributed by atoms with Crippen molar-refractivity contribution in [3.8, 4) is 0 Å². The molecule has 7 heteroatoms. The molecule has 2 amide bonds. The molecule has 4 rings (SSSR count). The van der Waals surface area contributed by atoms with E-state index in [1.807, 2.05) is 24.3 Å².